The first-order valence-electron chi connectivity index (χ1n) is 12.8. The molecular weight excluding hydrogens is 647 g/mol. The van der Waals surface area contributed by atoms with Gasteiger partial charge in [-0.1, -0.05) is 6.92 Å². The van der Waals surface area contributed by atoms with E-state index < -0.39 is 76.0 Å². The number of hydrogen-bond donors (Lipinski definition) is 2. The lowest BCUT2D eigenvalue weighted by Crippen LogP contribution is -2.61. The summed E-state index contributed by atoms with van der Waals surface area (Å²) in [5.74, 6) is -1.53. The topological polar surface area (TPSA) is 119 Å². The molecule has 1 unspecified atom stereocenters. The number of anilines is 1. The predicted octanol–water partition coefficient (Wildman–Crippen LogP) is 6.88. The summed E-state index contributed by atoms with van der Waals surface area (Å²) in [7, 11) is 1.00. The third kappa shape index (κ3) is 6.91. The average molecular weight is 671 g/mol. The summed E-state index contributed by atoms with van der Waals surface area (Å²) in [5, 5.41) is 9.91. The highest BCUT2D eigenvalue weighted by Gasteiger charge is 2.47. The summed E-state index contributed by atoms with van der Waals surface area (Å²) in [4.78, 5) is 21.0. The Bertz CT molecular complexity index is 1610. The van der Waals surface area contributed by atoms with Crippen molar-refractivity contribution in [3.8, 4) is 0 Å². The van der Waals surface area contributed by atoms with Crippen molar-refractivity contribution in [3.05, 3.63) is 81.9 Å². The van der Waals surface area contributed by atoms with Gasteiger partial charge in [0.25, 0.3) is 0 Å². The molecule has 1 aliphatic rings. The quantitative estimate of drug-likeness (QED) is 0.275. The van der Waals surface area contributed by atoms with Crippen LogP contribution in [0.4, 0.5) is 50.0 Å². The molecule has 0 saturated carbocycles. The fourth-order valence-electron chi connectivity index (χ4n) is 5.09. The fourth-order valence-corrected chi connectivity index (χ4v) is 5.72. The smallest absolute Gasteiger partial charge is 0.416 e. The Labute approximate surface area is 251 Å². The number of benzene rings is 2. The molecule has 8 nitrogen and oxygen atoms in total. The number of amides is 1. The molecule has 1 aromatic heterocycles. The van der Waals surface area contributed by atoms with Crippen molar-refractivity contribution in [2.75, 3.05) is 12.0 Å². The molecule has 0 aliphatic carbocycles. The monoisotopic (exact) mass is 670 g/mol. The Morgan fingerprint density at radius 2 is 1.60 bits per heavy atom. The van der Waals surface area contributed by atoms with Crippen molar-refractivity contribution in [3.63, 3.8) is 0 Å². The highest BCUT2D eigenvalue weighted by atomic mass is 32.2. The number of alkyl halides is 9. The molecule has 0 radical (unpaired) electrons. The molecule has 244 valence electrons. The molecule has 45 heavy (non-hydrogen) atoms. The molecule has 3 N–H and O–H groups in total. The van der Waals surface area contributed by atoms with Crippen molar-refractivity contribution < 1.29 is 57.8 Å². The van der Waals surface area contributed by atoms with E-state index in [1.54, 1.807) is 0 Å². The van der Waals surface area contributed by atoms with Crippen molar-refractivity contribution in [1.82, 2.24) is 9.97 Å². The van der Waals surface area contributed by atoms with E-state index in [2.05, 4.69) is 9.97 Å². The second-order valence-corrected chi connectivity index (χ2v) is 11.4. The van der Waals surface area contributed by atoms with E-state index in [0.717, 1.165) is 24.3 Å². The number of nitrogens with two attached hydrogens (primary N) is 1. The van der Waals surface area contributed by atoms with Crippen LogP contribution in [-0.2, 0) is 40.2 Å². The van der Waals surface area contributed by atoms with Crippen LogP contribution in [0.5, 0.6) is 0 Å². The lowest BCUT2D eigenvalue weighted by molar-refractivity contribution is -0.143. The lowest BCUT2D eigenvalue weighted by Gasteiger charge is -2.46. The number of nitrogens with zero attached hydrogens (tertiary/aromatic N) is 3. The minimum absolute atomic E-state index is 0.0284. The molecule has 2 heterocycles. The number of rotatable bonds is 6. The van der Waals surface area contributed by atoms with Crippen LogP contribution in [0, 0.1) is 0 Å². The molecule has 1 aliphatic heterocycles. The van der Waals surface area contributed by atoms with Crippen LogP contribution in [0.2, 0.25) is 0 Å². The molecule has 0 saturated heterocycles. The molecular formula is C27H23F9N4O4S. The van der Waals surface area contributed by atoms with Gasteiger partial charge < -0.3 is 10.8 Å². The maximum Gasteiger partial charge on any atom is 0.416 e. The molecule has 3 aromatic rings. The fraction of sp³-hybridized carbons (Fsp3) is 0.370. The number of carbonyl (C=O) groups is 1. The maximum atomic E-state index is 13.7. The predicted molar refractivity (Wildman–Crippen MR) is 140 cm³/mol. The molecule has 0 spiro atoms. The molecule has 18 heteroatoms. The Morgan fingerprint density at radius 3 is 2.09 bits per heavy atom. The number of aromatic nitrogens is 2. The number of halogens is 9. The van der Waals surface area contributed by atoms with Crippen LogP contribution < -0.4 is 10.6 Å². The zero-order valence-corrected chi connectivity index (χ0v) is 24.0. The number of carboxylic acid groups (broad SMARTS) is 1. The van der Waals surface area contributed by atoms with E-state index in [9.17, 15) is 53.6 Å². The van der Waals surface area contributed by atoms with E-state index in [-0.39, 0.29) is 46.6 Å². The maximum absolute atomic E-state index is 13.7. The summed E-state index contributed by atoms with van der Waals surface area (Å²) in [6.07, 6.45) is -16.9. The van der Waals surface area contributed by atoms with Crippen LogP contribution in [0.1, 0.15) is 65.0 Å². The van der Waals surface area contributed by atoms with Gasteiger partial charge in [0.2, 0.25) is 0 Å². The largest absolute Gasteiger partial charge is 0.465 e. The average Bonchev–Trinajstić information content (AvgIpc) is 2.94. The van der Waals surface area contributed by atoms with E-state index in [4.69, 9.17) is 9.92 Å². The van der Waals surface area contributed by atoms with Gasteiger partial charge in [0, 0.05) is 18.5 Å². The third-order valence-corrected chi connectivity index (χ3v) is 8.29. The Hall–Kier alpha value is -3.77. The van der Waals surface area contributed by atoms with Crippen LogP contribution in [0.3, 0.4) is 0 Å². The molecule has 1 amide bonds. The van der Waals surface area contributed by atoms with Gasteiger partial charge in [-0.3, -0.25) is 9.08 Å². The Balaban J connectivity index is 1.94. The van der Waals surface area contributed by atoms with Gasteiger partial charge in [-0.25, -0.2) is 19.0 Å². The Morgan fingerprint density at radius 1 is 1.02 bits per heavy atom. The van der Waals surface area contributed by atoms with Gasteiger partial charge in [0.15, 0.2) is 11.1 Å². The van der Waals surface area contributed by atoms with Crippen molar-refractivity contribution in [1.29, 1.82) is 0 Å². The summed E-state index contributed by atoms with van der Waals surface area (Å²) >= 11 is -2.35. The minimum Gasteiger partial charge on any atom is -0.465 e. The molecule has 0 fully saturated rings. The van der Waals surface area contributed by atoms with E-state index >= 15 is 0 Å². The van der Waals surface area contributed by atoms with Crippen LogP contribution in [0.15, 0.2) is 47.5 Å². The van der Waals surface area contributed by atoms with E-state index in [1.165, 1.54) is 6.92 Å². The first-order chi connectivity index (χ1) is 20.7. The van der Waals surface area contributed by atoms with Gasteiger partial charge in [-0.15, -0.1) is 0 Å². The molecule has 3 atom stereocenters. The second-order valence-electron chi connectivity index (χ2n) is 10.1. The molecule has 4 rings (SSSR count). The van der Waals surface area contributed by atoms with Gasteiger partial charge >= 0.3 is 24.6 Å². The van der Waals surface area contributed by atoms with Crippen molar-refractivity contribution in [2.24, 2.45) is 5.73 Å². The van der Waals surface area contributed by atoms with Crippen LogP contribution in [0.25, 0.3) is 0 Å². The van der Waals surface area contributed by atoms with E-state index in [1.807, 2.05) is 0 Å². The highest BCUT2D eigenvalue weighted by Crippen LogP contribution is 2.47. The van der Waals surface area contributed by atoms with E-state index in [0.29, 0.717) is 24.3 Å². The Kier molecular flexibility index (Phi) is 9.00. The summed E-state index contributed by atoms with van der Waals surface area (Å²) in [6.45, 7) is 1.53. The normalized spacial score (nSPS) is 19.7. The molecule has 2 aromatic carbocycles. The third-order valence-electron chi connectivity index (χ3n) is 7.29. The van der Waals surface area contributed by atoms with Crippen LogP contribution in [-0.4, -0.2) is 38.1 Å². The standard InChI is InChI=1S/C27H23F9N4O4S/c1-3-24(37)11-18(17-10-14(25(28,29)30)4-5-20(17)40(24)23(41)42)22-38-12-21(45(43)44-2)19(39-22)8-13-6-15(26(31,32)33)9-16(7-13)27(34,35)36/h4-7,9-10,12,18H,3,8,11,37H2,1-2H3,(H,41,42)/t18-,24+,45?/m0/s1. The summed E-state index contributed by atoms with van der Waals surface area (Å²) < 4.78 is 139. The van der Waals surface area contributed by atoms with Crippen molar-refractivity contribution >= 4 is 22.9 Å². The first-order valence-corrected chi connectivity index (χ1v) is 13.9. The number of fused-ring (bicyclic) bond motifs is 1. The first kappa shape index (κ1) is 34.1. The van der Waals surface area contributed by atoms with Gasteiger partial charge in [-0.05, 0) is 60.4 Å². The van der Waals surface area contributed by atoms with Gasteiger partial charge in [0.05, 0.1) is 35.2 Å². The van der Waals surface area contributed by atoms with Crippen LogP contribution >= 0.6 is 0 Å². The zero-order valence-electron chi connectivity index (χ0n) is 23.1. The summed E-state index contributed by atoms with van der Waals surface area (Å²) in [5.41, 5.74) is -0.906. The number of hydrogen-bond acceptors (Lipinski definition) is 6. The SMILES string of the molecule is CC[C@]1(N)C[C@H](c2ncc(S(=O)OC)c(Cc3cc(C(F)(F)F)cc(C(F)(F)F)c3)n2)c2cc(C(F)(F)F)ccc2N1C(=O)O. The van der Waals surface area contributed by atoms with Crippen molar-refractivity contribution in [2.45, 2.75) is 61.2 Å². The van der Waals surface area contributed by atoms with Gasteiger partial charge in [-0.2, -0.15) is 39.5 Å². The van der Waals surface area contributed by atoms with Gasteiger partial charge in [0.1, 0.15) is 16.4 Å². The highest BCUT2D eigenvalue weighted by molar-refractivity contribution is 7.80. The zero-order chi connectivity index (χ0) is 33.7. The minimum atomic E-state index is -5.16. The second kappa shape index (κ2) is 11.9. The summed E-state index contributed by atoms with van der Waals surface area (Å²) in [6, 6.07) is 3.12. The molecule has 0 bridgehead atoms. The lowest BCUT2D eigenvalue weighted by atomic mass is 9.80.